The van der Waals surface area contributed by atoms with Crippen molar-refractivity contribution in [3.8, 4) is 0 Å². The average molecular weight is 564 g/mol. The van der Waals surface area contributed by atoms with Crippen molar-refractivity contribution in [3.05, 3.63) is 161 Å². The molecule has 0 bridgehead atoms. The van der Waals surface area contributed by atoms with E-state index in [9.17, 15) is 0 Å². The monoisotopic (exact) mass is 563 g/mol. The molecule has 0 aromatic heterocycles. The van der Waals surface area contributed by atoms with Gasteiger partial charge in [0.15, 0.2) is 7.14 Å². The van der Waals surface area contributed by atoms with Gasteiger partial charge >= 0.3 is 0 Å². The SMILES string of the molecule is O=P(C1=CCCC=C1)(c1ccccc1)c1ccc(C2c3ccc4ccccc4c3NC3c4ccccc4CCC32)cc1. The van der Waals surface area contributed by atoms with Crippen LogP contribution in [0.5, 0.6) is 0 Å². The minimum absolute atomic E-state index is 0.253. The van der Waals surface area contributed by atoms with Gasteiger partial charge in [0.2, 0.25) is 0 Å². The fourth-order valence-electron chi connectivity index (χ4n) is 7.66. The summed E-state index contributed by atoms with van der Waals surface area (Å²) in [5.74, 6) is 0.687. The van der Waals surface area contributed by atoms with Crippen molar-refractivity contribution in [2.75, 3.05) is 5.32 Å². The lowest BCUT2D eigenvalue weighted by Gasteiger charge is -2.45. The van der Waals surface area contributed by atoms with Gasteiger partial charge in [0.1, 0.15) is 0 Å². The molecule has 4 atom stereocenters. The first-order valence-corrected chi connectivity index (χ1v) is 16.9. The number of hydrogen-bond acceptors (Lipinski definition) is 2. The zero-order valence-electron chi connectivity index (χ0n) is 23.6. The van der Waals surface area contributed by atoms with E-state index in [4.69, 9.17) is 0 Å². The highest BCUT2D eigenvalue weighted by Crippen LogP contribution is 2.55. The average Bonchev–Trinajstić information content (AvgIpc) is 3.07. The highest BCUT2D eigenvalue weighted by molar-refractivity contribution is 7.82. The van der Waals surface area contributed by atoms with Gasteiger partial charge in [0.25, 0.3) is 0 Å². The second-order valence-corrected chi connectivity index (χ2v) is 14.7. The minimum Gasteiger partial charge on any atom is -0.377 e. The summed E-state index contributed by atoms with van der Waals surface area (Å²) in [6.07, 6.45) is 10.6. The molecule has 0 spiro atoms. The van der Waals surface area contributed by atoms with E-state index in [0.717, 1.165) is 41.6 Å². The van der Waals surface area contributed by atoms with Gasteiger partial charge in [-0.15, -0.1) is 0 Å². The summed E-state index contributed by atoms with van der Waals surface area (Å²) < 4.78 is 15.0. The van der Waals surface area contributed by atoms with Gasteiger partial charge in [-0.3, -0.25) is 0 Å². The molecule has 0 radical (unpaired) electrons. The normalized spacial score (nSPS) is 22.2. The number of anilines is 1. The molecule has 0 saturated carbocycles. The first-order valence-electron chi connectivity index (χ1n) is 15.2. The van der Waals surface area contributed by atoms with E-state index in [0.29, 0.717) is 5.92 Å². The fraction of sp³-hybridized carbons (Fsp3) is 0.179. The molecule has 5 aromatic carbocycles. The number of hydrogen-bond donors (Lipinski definition) is 1. The van der Waals surface area contributed by atoms with Crippen molar-refractivity contribution in [2.45, 2.75) is 37.6 Å². The largest absolute Gasteiger partial charge is 0.377 e. The number of nitrogens with one attached hydrogen (secondary N) is 1. The summed E-state index contributed by atoms with van der Waals surface area (Å²) >= 11 is 0. The molecule has 1 heterocycles. The Balaban J connectivity index is 1.27. The lowest BCUT2D eigenvalue weighted by atomic mass is 9.66. The number of fused-ring (bicyclic) bond motifs is 6. The maximum Gasteiger partial charge on any atom is 0.170 e. The van der Waals surface area contributed by atoms with Gasteiger partial charge in [0, 0.05) is 32.9 Å². The van der Waals surface area contributed by atoms with Crippen molar-refractivity contribution in [1.82, 2.24) is 0 Å². The molecule has 0 amide bonds. The molecule has 2 aliphatic carbocycles. The van der Waals surface area contributed by atoms with Crippen LogP contribution in [0.15, 0.2) is 139 Å². The molecule has 0 fully saturated rings. The molecule has 42 heavy (non-hydrogen) atoms. The lowest BCUT2D eigenvalue weighted by Crippen LogP contribution is -2.36. The van der Waals surface area contributed by atoms with E-state index in [1.165, 1.54) is 38.7 Å². The van der Waals surface area contributed by atoms with Crippen molar-refractivity contribution in [2.24, 2.45) is 5.92 Å². The van der Waals surface area contributed by atoms with Gasteiger partial charge in [0.05, 0.1) is 6.04 Å². The first kappa shape index (κ1) is 25.6. The molecule has 206 valence electrons. The summed E-state index contributed by atoms with van der Waals surface area (Å²) in [7, 11) is -2.97. The highest BCUT2D eigenvalue weighted by Gasteiger charge is 2.41. The predicted octanol–water partition coefficient (Wildman–Crippen LogP) is 9.25. The van der Waals surface area contributed by atoms with Crippen molar-refractivity contribution >= 4 is 34.2 Å². The van der Waals surface area contributed by atoms with Crippen LogP contribution in [0, 0.1) is 5.92 Å². The number of allylic oxidation sites excluding steroid dienone is 4. The van der Waals surface area contributed by atoms with Crippen LogP contribution in [0.3, 0.4) is 0 Å². The van der Waals surface area contributed by atoms with E-state index in [1.807, 2.05) is 30.3 Å². The van der Waals surface area contributed by atoms with E-state index in [2.05, 4.69) is 108 Å². The smallest absolute Gasteiger partial charge is 0.170 e. The Kier molecular flexibility index (Phi) is 6.27. The van der Waals surface area contributed by atoms with Crippen LogP contribution in [0.4, 0.5) is 5.69 Å². The third-order valence-electron chi connectivity index (χ3n) is 9.66. The third-order valence-corrected chi connectivity index (χ3v) is 12.8. The number of benzene rings is 5. The van der Waals surface area contributed by atoms with Crippen molar-refractivity contribution in [3.63, 3.8) is 0 Å². The van der Waals surface area contributed by atoms with Crippen LogP contribution < -0.4 is 15.9 Å². The molecule has 2 nitrogen and oxygen atoms in total. The summed E-state index contributed by atoms with van der Waals surface area (Å²) in [6, 6.07) is 41.4. The summed E-state index contributed by atoms with van der Waals surface area (Å²) in [6.45, 7) is 0. The van der Waals surface area contributed by atoms with Gasteiger partial charge < -0.3 is 9.88 Å². The minimum atomic E-state index is -2.97. The molecule has 0 saturated heterocycles. The van der Waals surface area contributed by atoms with Gasteiger partial charge in [-0.2, -0.15) is 0 Å². The Labute approximate surface area is 248 Å². The van der Waals surface area contributed by atoms with E-state index < -0.39 is 7.14 Å². The Hall–Kier alpha value is -4.13. The predicted molar refractivity (Wildman–Crippen MR) is 177 cm³/mol. The maximum atomic E-state index is 15.0. The summed E-state index contributed by atoms with van der Waals surface area (Å²) in [5, 5.41) is 9.35. The second-order valence-electron chi connectivity index (χ2n) is 11.9. The third kappa shape index (κ3) is 4.04. The standard InChI is InChI=1S/C39H34NOP/c41-42(30-13-3-1-4-14-30,31-15-5-2-6-16-31)32-23-19-29(20-24-32)37-35-25-21-27-11-7-9-17-33(27)38(35)40-39-34-18-10-8-12-28(34)22-26-36(37)39/h1,3-5,7-21,23-25,36-37,39-40H,2,6,22,26H2. The number of rotatable bonds is 4. The second kappa shape index (κ2) is 10.3. The summed E-state index contributed by atoms with van der Waals surface area (Å²) in [5.41, 5.74) is 6.82. The van der Waals surface area contributed by atoms with E-state index >= 15 is 4.57 Å². The molecule has 1 aliphatic heterocycles. The fourth-order valence-corrected chi connectivity index (χ4v) is 10.4. The quantitative estimate of drug-likeness (QED) is 0.221. The van der Waals surface area contributed by atoms with Crippen LogP contribution in [0.1, 0.15) is 53.5 Å². The Bertz CT molecular complexity index is 1900. The molecule has 3 aliphatic rings. The van der Waals surface area contributed by atoms with Crippen molar-refractivity contribution in [1.29, 1.82) is 0 Å². The van der Waals surface area contributed by atoms with E-state index in [-0.39, 0.29) is 12.0 Å². The molecule has 8 rings (SSSR count). The Morgan fingerprint density at radius 1 is 0.690 bits per heavy atom. The molecular weight excluding hydrogens is 529 g/mol. The maximum absolute atomic E-state index is 15.0. The molecule has 3 heteroatoms. The molecule has 1 N–H and O–H groups in total. The van der Waals surface area contributed by atoms with E-state index in [1.54, 1.807) is 0 Å². The van der Waals surface area contributed by atoms with Gasteiger partial charge in [-0.25, -0.2) is 0 Å². The lowest BCUT2D eigenvalue weighted by molar-refractivity contribution is 0.348. The summed E-state index contributed by atoms with van der Waals surface area (Å²) in [4.78, 5) is 0. The van der Waals surface area contributed by atoms with Crippen LogP contribution in [-0.2, 0) is 11.0 Å². The highest BCUT2D eigenvalue weighted by atomic mass is 31.2. The Morgan fingerprint density at radius 2 is 1.45 bits per heavy atom. The molecule has 4 unspecified atom stereocenters. The molecule has 5 aromatic rings. The number of aryl methyl sites for hydroxylation is 1. The zero-order chi connectivity index (χ0) is 28.1. The van der Waals surface area contributed by atoms with Crippen LogP contribution in [0.25, 0.3) is 10.8 Å². The van der Waals surface area contributed by atoms with Crippen LogP contribution in [-0.4, -0.2) is 0 Å². The Morgan fingerprint density at radius 3 is 2.29 bits per heavy atom. The van der Waals surface area contributed by atoms with Crippen LogP contribution in [0.2, 0.25) is 0 Å². The van der Waals surface area contributed by atoms with Gasteiger partial charge in [-0.1, -0.05) is 133 Å². The first-order chi connectivity index (χ1) is 20.7. The zero-order valence-corrected chi connectivity index (χ0v) is 24.5. The van der Waals surface area contributed by atoms with Crippen molar-refractivity contribution < 1.29 is 4.57 Å². The van der Waals surface area contributed by atoms with Gasteiger partial charge in [-0.05, 0) is 59.2 Å². The molecular formula is C39H34NOP. The van der Waals surface area contributed by atoms with Crippen LogP contribution >= 0.6 is 7.14 Å². The topological polar surface area (TPSA) is 29.1 Å².